The molecule has 12 heteroatoms. The molecule has 1 spiro atoms. The molecule has 2 aliphatic carbocycles. The SMILES string of the molecule is N=C(C=C(N)C(=O)N1CCC(C(=O)NC2CCC(C(F)(F)F)CC2)CC12CC2)c1cc(Cl)ncc1F. The number of alkyl halides is 3. The summed E-state index contributed by atoms with van der Waals surface area (Å²) in [5, 5.41) is 11.0. The zero-order valence-electron chi connectivity index (χ0n) is 19.5. The minimum Gasteiger partial charge on any atom is -0.394 e. The van der Waals surface area contributed by atoms with Crippen molar-refractivity contribution >= 4 is 29.1 Å². The molecule has 1 aromatic heterocycles. The van der Waals surface area contributed by atoms with Crippen molar-refractivity contribution in [1.82, 2.24) is 15.2 Å². The molecule has 4 N–H and O–H groups in total. The number of piperidine rings is 1. The summed E-state index contributed by atoms with van der Waals surface area (Å²) < 4.78 is 52.7. The lowest BCUT2D eigenvalue weighted by atomic mass is 9.84. The average Bonchev–Trinajstić information content (AvgIpc) is 3.58. The maximum absolute atomic E-state index is 14.0. The summed E-state index contributed by atoms with van der Waals surface area (Å²) in [5.41, 5.74) is 4.81. The van der Waals surface area contributed by atoms with Crippen LogP contribution >= 0.6 is 11.6 Å². The normalized spacial score (nSPS) is 26.0. The predicted octanol–water partition coefficient (Wildman–Crippen LogP) is 4.09. The van der Waals surface area contributed by atoms with Crippen LogP contribution in [0.3, 0.4) is 0 Å². The second-order valence-corrected chi connectivity index (χ2v) is 10.4. The summed E-state index contributed by atoms with van der Waals surface area (Å²) in [6, 6.07) is 0.910. The van der Waals surface area contributed by atoms with Crippen molar-refractivity contribution in [2.24, 2.45) is 17.6 Å². The van der Waals surface area contributed by atoms with Gasteiger partial charge in [0, 0.05) is 29.6 Å². The maximum atomic E-state index is 14.0. The van der Waals surface area contributed by atoms with Crippen LogP contribution < -0.4 is 11.1 Å². The molecule has 1 aliphatic heterocycles. The van der Waals surface area contributed by atoms with Crippen molar-refractivity contribution in [2.45, 2.75) is 69.1 Å². The van der Waals surface area contributed by atoms with Gasteiger partial charge in [-0.1, -0.05) is 11.6 Å². The van der Waals surface area contributed by atoms with Gasteiger partial charge in [0.25, 0.3) is 5.91 Å². The molecule has 3 aliphatic rings. The van der Waals surface area contributed by atoms with Crippen LogP contribution in [-0.4, -0.2) is 51.7 Å². The summed E-state index contributed by atoms with van der Waals surface area (Å²) >= 11 is 5.77. The van der Waals surface area contributed by atoms with E-state index in [1.807, 2.05) is 0 Å². The van der Waals surface area contributed by atoms with Crippen molar-refractivity contribution in [1.29, 1.82) is 5.41 Å². The van der Waals surface area contributed by atoms with Crippen molar-refractivity contribution in [2.75, 3.05) is 6.54 Å². The van der Waals surface area contributed by atoms with Gasteiger partial charge in [-0.15, -0.1) is 0 Å². The molecule has 1 unspecified atom stereocenters. The van der Waals surface area contributed by atoms with E-state index in [1.165, 1.54) is 6.07 Å². The Bertz CT molecular complexity index is 1080. The van der Waals surface area contributed by atoms with E-state index < -0.39 is 29.4 Å². The van der Waals surface area contributed by atoms with Crippen LogP contribution in [0.4, 0.5) is 17.6 Å². The van der Waals surface area contributed by atoms with Crippen LogP contribution in [0.2, 0.25) is 5.15 Å². The van der Waals surface area contributed by atoms with E-state index in [4.69, 9.17) is 22.7 Å². The minimum absolute atomic E-state index is 0.000117. The number of likely N-dealkylation sites (tertiary alicyclic amines) is 1. The standard InChI is InChI=1S/C24H28ClF4N5O2/c25-20-9-16(17(26)12-32-20)18(30)10-19(31)22(36)34-8-5-13(11-23(34)6-7-23)21(35)33-15-3-1-14(2-4-15)24(27,28)29/h9-10,12-15,30H,1-8,11,31H2,(H,33,35). The first-order valence-electron chi connectivity index (χ1n) is 12.0. The number of aromatic nitrogens is 1. The molecular weight excluding hydrogens is 502 g/mol. The van der Waals surface area contributed by atoms with E-state index >= 15 is 0 Å². The molecule has 1 aromatic rings. The highest BCUT2D eigenvalue weighted by Gasteiger charge is 2.54. The quantitative estimate of drug-likeness (QED) is 0.231. The van der Waals surface area contributed by atoms with Crippen LogP contribution in [0.1, 0.15) is 56.9 Å². The lowest BCUT2D eigenvalue weighted by molar-refractivity contribution is -0.182. The summed E-state index contributed by atoms with van der Waals surface area (Å²) in [4.78, 5) is 31.2. The van der Waals surface area contributed by atoms with Gasteiger partial charge in [-0.05, 0) is 63.5 Å². The van der Waals surface area contributed by atoms with Crippen molar-refractivity contribution in [3.05, 3.63) is 40.6 Å². The summed E-state index contributed by atoms with van der Waals surface area (Å²) in [6.07, 6.45) is 0.668. The monoisotopic (exact) mass is 529 g/mol. The minimum atomic E-state index is -4.19. The maximum Gasteiger partial charge on any atom is 0.391 e. The summed E-state index contributed by atoms with van der Waals surface area (Å²) in [7, 11) is 0. The number of carbonyl (C=O) groups is 2. The Morgan fingerprint density at radius 2 is 1.89 bits per heavy atom. The van der Waals surface area contributed by atoms with E-state index in [0.29, 0.717) is 38.5 Å². The van der Waals surface area contributed by atoms with Gasteiger partial charge in [0.15, 0.2) is 5.82 Å². The fourth-order valence-electron chi connectivity index (χ4n) is 5.31. The Labute approximate surface area is 211 Å². The number of nitrogens with zero attached hydrogens (tertiary/aromatic N) is 2. The fourth-order valence-corrected chi connectivity index (χ4v) is 5.46. The lowest BCUT2D eigenvalue weighted by Gasteiger charge is -2.40. The molecule has 1 saturated heterocycles. The fraction of sp³-hybridized carbons (Fsp3) is 0.583. The van der Waals surface area contributed by atoms with Crippen LogP contribution in [-0.2, 0) is 9.59 Å². The zero-order valence-corrected chi connectivity index (χ0v) is 20.3. The Morgan fingerprint density at radius 3 is 2.50 bits per heavy atom. The molecule has 3 fully saturated rings. The third kappa shape index (κ3) is 5.66. The summed E-state index contributed by atoms with van der Waals surface area (Å²) in [6.45, 7) is 0.287. The zero-order chi connectivity index (χ0) is 26.3. The Morgan fingerprint density at radius 1 is 1.22 bits per heavy atom. The first-order valence-corrected chi connectivity index (χ1v) is 12.3. The van der Waals surface area contributed by atoms with Crippen LogP contribution in [0, 0.1) is 23.1 Å². The molecule has 7 nitrogen and oxygen atoms in total. The van der Waals surface area contributed by atoms with E-state index in [1.54, 1.807) is 4.90 Å². The third-order valence-corrected chi connectivity index (χ3v) is 7.75. The number of allylic oxidation sites excluding steroid dienone is 1. The number of nitrogens with one attached hydrogen (secondary N) is 2. The van der Waals surface area contributed by atoms with Gasteiger partial charge in [0.05, 0.1) is 23.5 Å². The van der Waals surface area contributed by atoms with Crippen molar-refractivity contribution in [3.63, 3.8) is 0 Å². The van der Waals surface area contributed by atoms with E-state index in [-0.39, 0.29) is 59.4 Å². The van der Waals surface area contributed by atoms with Gasteiger partial charge < -0.3 is 21.4 Å². The molecule has 0 radical (unpaired) electrons. The number of rotatable bonds is 5. The Balaban J connectivity index is 1.35. The average molecular weight is 530 g/mol. The van der Waals surface area contributed by atoms with Gasteiger partial charge in [0.1, 0.15) is 5.15 Å². The number of amides is 2. The highest BCUT2D eigenvalue weighted by molar-refractivity contribution is 6.30. The molecule has 2 amide bonds. The number of hydrogen-bond acceptors (Lipinski definition) is 5. The van der Waals surface area contributed by atoms with Crippen LogP contribution in [0.15, 0.2) is 24.0 Å². The third-order valence-electron chi connectivity index (χ3n) is 7.54. The molecule has 0 bridgehead atoms. The lowest BCUT2D eigenvalue weighted by Crippen LogP contribution is -2.53. The van der Waals surface area contributed by atoms with E-state index in [0.717, 1.165) is 12.3 Å². The molecular formula is C24H28ClF4N5O2. The van der Waals surface area contributed by atoms with Gasteiger partial charge in [-0.3, -0.25) is 9.59 Å². The molecule has 36 heavy (non-hydrogen) atoms. The number of hydrogen-bond donors (Lipinski definition) is 3. The first kappa shape index (κ1) is 26.4. The molecule has 4 rings (SSSR count). The Kier molecular flexibility index (Phi) is 7.32. The molecule has 1 atom stereocenters. The summed E-state index contributed by atoms with van der Waals surface area (Å²) in [5.74, 6) is -3.07. The van der Waals surface area contributed by atoms with Crippen molar-refractivity contribution < 1.29 is 27.2 Å². The highest BCUT2D eigenvalue weighted by Crippen LogP contribution is 2.50. The first-order chi connectivity index (χ1) is 16.9. The van der Waals surface area contributed by atoms with Crippen LogP contribution in [0.25, 0.3) is 0 Å². The van der Waals surface area contributed by atoms with Gasteiger partial charge in [0.2, 0.25) is 5.91 Å². The Hall–Kier alpha value is -2.69. The second kappa shape index (κ2) is 9.99. The van der Waals surface area contributed by atoms with Gasteiger partial charge in [-0.2, -0.15) is 13.2 Å². The number of nitrogens with two attached hydrogens (primary N) is 1. The predicted molar refractivity (Wildman–Crippen MR) is 125 cm³/mol. The van der Waals surface area contributed by atoms with Gasteiger partial charge in [-0.25, -0.2) is 9.37 Å². The molecule has 196 valence electrons. The van der Waals surface area contributed by atoms with Crippen LogP contribution in [0.5, 0.6) is 0 Å². The molecule has 2 saturated carbocycles. The topological polar surface area (TPSA) is 112 Å². The van der Waals surface area contributed by atoms with Gasteiger partial charge >= 0.3 is 6.18 Å². The smallest absolute Gasteiger partial charge is 0.391 e. The largest absolute Gasteiger partial charge is 0.394 e. The van der Waals surface area contributed by atoms with E-state index in [2.05, 4.69) is 10.3 Å². The second-order valence-electron chi connectivity index (χ2n) is 9.97. The number of halogens is 5. The van der Waals surface area contributed by atoms with E-state index in [9.17, 15) is 27.2 Å². The number of carbonyl (C=O) groups excluding carboxylic acids is 2. The highest BCUT2D eigenvalue weighted by atomic mass is 35.5. The molecule has 2 heterocycles. The number of pyridine rings is 1. The molecule has 0 aromatic carbocycles. The van der Waals surface area contributed by atoms with Crippen molar-refractivity contribution in [3.8, 4) is 0 Å².